The minimum atomic E-state index is -3.72. The molecule has 1 fully saturated rings. The molecule has 1 heterocycles. The third-order valence-corrected chi connectivity index (χ3v) is 5.04. The minimum absolute atomic E-state index is 0.131. The number of hydrogen-bond acceptors (Lipinski definition) is 4. The molecule has 7 heteroatoms. The van der Waals surface area contributed by atoms with E-state index >= 15 is 0 Å². The van der Waals surface area contributed by atoms with Crippen LogP contribution >= 0.6 is 0 Å². The van der Waals surface area contributed by atoms with Crippen LogP contribution in [0.5, 0.6) is 5.75 Å². The second-order valence-corrected chi connectivity index (χ2v) is 7.85. The predicted octanol–water partition coefficient (Wildman–Crippen LogP) is 1.67. The van der Waals surface area contributed by atoms with Crippen molar-refractivity contribution in [2.24, 2.45) is 5.92 Å². The van der Waals surface area contributed by atoms with E-state index in [0.29, 0.717) is 31.2 Å². The third kappa shape index (κ3) is 5.21. The zero-order valence-corrected chi connectivity index (χ0v) is 14.4. The Hall–Kier alpha value is -1.60. The van der Waals surface area contributed by atoms with E-state index in [1.54, 1.807) is 12.1 Å². The van der Waals surface area contributed by atoms with E-state index in [9.17, 15) is 13.2 Å². The van der Waals surface area contributed by atoms with Gasteiger partial charge in [0.05, 0.1) is 11.5 Å². The molecular weight excluding hydrogens is 316 g/mol. The van der Waals surface area contributed by atoms with E-state index in [2.05, 4.69) is 10.0 Å². The first-order chi connectivity index (χ1) is 10.9. The van der Waals surface area contributed by atoms with Crippen LogP contribution in [0.3, 0.4) is 0 Å². The van der Waals surface area contributed by atoms with Gasteiger partial charge in [0.15, 0.2) is 0 Å². The maximum absolute atomic E-state index is 12.4. The average molecular weight is 340 g/mol. The second kappa shape index (κ2) is 7.79. The average Bonchev–Trinajstić information content (AvgIpc) is 2.70. The molecule has 0 spiro atoms. The molecule has 0 radical (unpaired) electrons. The van der Waals surface area contributed by atoms with Crippen LogP contribution in [-0.2, 0) is 14.8 Å². The van der Waals surface area contributed by atoms with Crippen molar-refractivity contribution in [2.75, 3.05) is 13.2 Å². The molecule has 0 aliphatic carbocycles. The van der Waals surface area contributed by atoms with Gasteiger partial charge in [-0.15, -0.1) is 0 Å². The summed E-state index contributed by atoms with van der Waals surface area (Å²) in [5.74, 6) is 0.765. The number of carbonyl (C=O) groups is 1. The first-order valence-electron chi connectivity index (χ1n) is 7.91. The maximum atomic E-state index is 12.4. The van der Waals surface area contributed by atoms with Crippen LogP contribution in [-0.4, -0.2) is 33.5 Å². The largest absolute Gasteiger partial charge is 0.493 e. The van der Waals surface area contributed by atoms with Crippen molar-refractivity contribution in [1.82, 2.24) is 10.0 Å². The summed E-state index contributed by atoms with van der Waals surface area (Å²) in [6.07, 6.45) is 2.19. The Bertz CT molecular complexity index is 626. The normalized spacial score (nSPS) is 19.3. The van der Waals surface area contributed by atoms with Gasteiger partial charge in [-0.2, -0.15) is 4.72 Å². The summed E-state index contributed by atoms with van der Waals surface area (Å²) in [5.41, 5.74) is 0. The van der Waals surface area contributed by atoms with Gasteiger partial charge in [0.2, 0.25) is 15.9 Å². The van der Waals surface area contributed by atoms with Crippen molar-refractivity contribution in [3.05, 3.63) is 24.3 Å². The Labute approximate surface area is 137 Å². The summed E-state index contributed by atoms with van der Waals surface area (Å²) in [4.78, 5) is 12.0. The molecule has 1 aromatic carbocycles. The highest BCUT2D eigenvalue weighted by molar-refractivity contribution is 7.89. The number of benzene rings is 1. The van der Waals surface area contributed by atoms with Crippen LogP contribution in [0.2, 0.25) is 0 Å². The van der Waals surface area contributed by atoms with Crippen molar-refractivity contribution in [3.63, 3.8) is 0 Å². The molecule has 1 saturated heterocycles. The summed E-state index contributed by atoms with van der Waals surface area (Å²) in [6, 6.07) is 5.53. The molecule has 1 aliphatic rings. The van der Waals surface area contributed by atoms with Crippen molar-refractivity contribution in [3.8, 4) is 5.75 Å². The zero-order valence-electron chi connectivity index (χ0n) is 13.5. The summed E-state index contributed by atoms with van der Waals surface area (Å²) in [6.45, 7) is 5.26. The van der Waals surface area contributed by atoms with E-state index in [4.69, 9.17) is 4.74 Å². The summed E-state index contributed by atoms with van der Waals surface area (Å²) in [7, 11) is -3.72. The van der Waals surface area contributed by atoms with Gasteiger partial charge in [-0.25, -0.2) is 8.42 Å². The van der Waals surface area contributed by atoms with Gasteiger partial charge in [-0.3, -0.25) is 4.79 Å². The molecule has 1 amide bonds. The molecule has 1 atom stereocenters. The van der Waals surface area contributed by atoms with E-state index in [-0.39, 0.29) is 10.8 Å². The molecule has 6 nitrogen and oxygen atoms in total. The van der Waals surface area contributed by atoms with Crippen LogP contribution < -0.4 is 14.8 Å². The quantitative estimate of drug-likeness (QED) is 0.825. The van der Waals surface area contributed by atoms with Gasteiger partial charge in [-0.1, -0.05) is 13.8 Å². The molecule has 0 unspecified atom stereocenters. The molecule has 0 aromatic heterocycles. The monoisotopic (exact) mass is 340 g/mol. The lowest BCUT2D eigenvalue weighted by Crippen LogP contribution is -2.45. The van der Waals surface area contributed by atoms with Crippen LogP contribution in [0.4, 0.5) is 0 Å². The number of carbonyl (C=O) groups excluding carboxylic acids is 1. The first-order valence-corrected chi connectivity index (χ1v) is 9.40. The van der Waals surface area contributed by atoms with Gasteiger partial charge < -0.3 is 10.1 Å². The van der Waals surface area contributed by atoms with Crippen LogP contribution in [0.1, 0.15) is 33.1 Å². The van der Waals surface area contributed by atoms with E-state index in [1.165, 1.54) is 12.1 Å². The Morgan fingerprint density at radius 3 is 2.61 bits per heavy atom. The van der Waals surface area contributed by atoms with Gasteiger partial charge >= 0.3 is 0 Å². The van der Waals surface area contributed by atoms with Crippen molar-refractivity contribution in [2.45, 2.75) is 44.0 Å². The second-order valence-electron chi connectivity index (χ2n) is 6.14. The summed E-state index contributed by atoms with van der Waals surface area (Å²) >= 11 is 0. The van der Waals surface area contributed by atoms with E-state index in [1.807, 2.05) is 13.8 Å². The highest BCUT2D eigenvalue weighted by Crippen LogP contribution is 2.18. The number of nitrogens with one attached hydrogen (secondary N) is 2. The highest BCUT2D eigenvalue weighted by Gasteiger charge is 2.26. The lowest BCUT2D eigenvalue weighted by molar-refractivity contribution is -0.122. The smallest absolute Gasteiger partial charge is 0.241 e. The molecule has 128 valence electrons. The number of rotatable bonds is 6. The topological polar surface area (TPSA) is 84.5 Å². The molecule has 0 saturated carbocycles. The highest BCUT2D eigenvalue weighted by atomic mass is 32.2. The van der Waals surface area contributed by atoms with Crippen LogP contribution in [0.25, 0.3) is 0 Å². The molecule has 1 aromatic rings. The fourth-order valence-corrected chi connectivity index (χ4v) is 3.51. The maximum Gasteiger partial charge on any atom is 0.241 e. The predicted molar refractivity (Wildman–Crippen MR) is 87.7 cm³/mol. The van der Waals surface area contributed by atoms with Gasteiger partial charge in [-0.05, 0) is 49.4 Å². The Morgan fingerprint density at radius 2 is 1.96 bits per heavy atom. The van der Waals surface area contributed by atoms with Crippen LogP contribution in [0, 0.1) is 5.92 Å². The van der Waals surface area contributed by atoms with Crippen LogP contribution in [0.15, 0.2) is 29.2 Å². The van der Waals surface area contributed by atoms with Gasteiger partial charge in [0.1, 0.15) is 11.8 Å². The number of hydrogen-bond donors (Lipinski definition) is 2. The molecular formula is C16H24N2O4S. The molecule has 23 heavy (non-hydrogen) atoms. The lowest BCUT2D eigenvalue weighted by Gasteiger charge is -2.15. The molecule has 2 N–H and O–H groups in total. The molecule has 0 bridgehead atoms. The standard InChI is InChI=1S/C16H24N2O4S/c1-12(2)11-22-13-6-8-14(9-7-13)23(20,21)18-15-5-3-4-10-17-16(15)19/h6-9,12,15,18H,3-5,10-11H2,1-2H3,(H,17,19)/t15-/m0/s1. The Kier molecular flexibility index (Phi) is 6.01. The summed E-state index contributed by atoms with van der Waals surface area (Å²) < 4.78 is 32.8. The lowest BCUT2D eigenvalue weighted by atomic mass is 10.1. The molecule has 2 rings (SSSR count). The van der Waals surface area contributed by atoms with Crippen molar-refractivity contribution in [1.29, 1.82) is 0 Å². The summed E-state index contributed by atoms with van der Waals surface area (Å²) in [5, 5.41) is 2.72. The first kappa shape index (κ1) is 17.7. The zero-order chi connectivity index (χ0) is 16.9. The molecule has 1 aliphatic heterocycles. The van der Waals surface area contributed by atoms with Gasteiger partial charge in [0, 0.05) is 6.54 Å². The fraction of sp³-hybridized carbons (Fsp3) is 0.562. The fourth-order valence-electron chi connectivity index (χ4n) is 2.29. The number of amides is 1. The van der Waals surface area contributed by atoms with Crippen molar-refractivity contribution >= 4 is 15.9 Å². The van der Waals surface area contributed by atoms with Crippen molar-refractivity contribution < 1.29 is 17.9 Å². The third-order valence-electron chi connectivity index (χ3n) is 3.55. The van der Waals surface area contributed by atoms with E-state index in [0.717, 1.165) is 12.8 Å². The Morgan fingerprint density at radius 1 is 1.26 bits per heavy atom. The SMILES string of the molecule is CC(C)COc1ccc(S(=O)(=O)N[C@H]2CCCCNC2=O)cc1. The number of sulfonamides is 1. The Balaban J connectivity index is 2.05. The van der Waals surface area contributed by atoms with E-state index < -0.39 is 16.1 Å². The van der Waals surface area contributed by atoms with Gasteiger partial charge in [0.25, 0.3) is 0 Å². The minimum Gasteiger partial charge on any atom is -0.493 e. The number of ether oxygens (including phenoxy) is 1.